The van der Waals surface area contributed by atoms with Gasteiger partial charge in [0.2, 0.25) is 0 Å². The van der Waals surface area contributed by atoms with Crippen molar-refractivity contribution < 1.29 is 34.6 Å². The Morgan fingerprint density at radius 3 is 1.88 bits per heavy atom. The van der Waals surface area contributed by atoms with Gasteiger partial charge in [-0.2, -0.15) is 17.2 Å². The summed E-state index contributed by atoms with van der Waals surface area (Å²) in [7, 11) is -5.60. The molecule has 16 heavy (non-hydrogen) atoms. The Morgan fingerprint density at radius 1 is 1.12 bits per heavy atom. The van der Waals surface area contributed by atoms with Gasteiger partial charge in [0, 0.05) is 12.1 Å². The fourth-order valence-electron chi connectivity index (χ4n) is 0.940. The van der Waals surface area contributed by atoms with Crippen LogP contribution in [-0.2, 0) is 10.2 Å². The molecule has 0 N–H and O–H groups in total. The lowest BCUT2D eigenvalue weighted by atomic mass is 10.3. The fraction of sp³-hybridized carbons (Fsp3) is 0.143. The summed E-state index contributed by atoms with van der Waals surface area (Å²) in [6, 6.07) is 0.281. The third-order valence-electron chi connectivity index (χ3n) is 1.44. The Morgan fingerprint density at radius 2 is 1.56 bits per heavy atom. The molecule has 0 atom stereocenters. The van der Waals surface area contributed by atoms with Crippen molar-refractivity contribution in [3.05, 3.63) is 23.8 Å². The molecule has 0 heterocycles. The van der Waals surface area contributed by atoms with E-state index in [2.05, 4.69) is 4.74 Å². The molecule has 0 aromatic heterocycles. The minimum absolute atomic E-state index is 0.141. The van der Waals surface area contributed by atoms with Crippen LogP contribution in [-0.4, -0.2) is 15.0 Å². The number of hydrogen-bond acceptors (Lipinski definition) is 3. The highest BCUT2D eigenvalue weighted by Crippen LogP contribution is 2.26. The Kier molecular flexibility index (Phi) is 3.36. The van der Waals surface area contributed by atoms with Crippen molar-refractivity contribution in [2.75, 3.05) is 0 Å². The minimum Gasteiger partial charge on any atom is -0.435 e. The normalized spacial score (nSPS) is 11.9. The number of ether oxygens (including phenoxy) is 1. The first-order valence-corrected chi connectivity index (χ1v) is 4.98. The number of benzene rings is 1. The van der Waals surface area contributed by atoms with Crippen LogP contribution in [0.1, 0.15) is 0 Å². The SMILES string of the molecule is O=S(=O)(F)c1c(F)cc(OC(F)F)cc1F. The highest BCUT2D eigenvalue weighted by Gasteiger charge is 2.25. The summed E-state index contributed by atoms with van der Waals surface area (Å²) in [4.78, 5) is -1.84. The molecule has 0 radical (unpaired) electrons. The molecule has 0 aliphatic carbocycles. The highest BCUT2D eigenvalue weighted by atomic mass is 32.3. The topological polar surface area (TPSA) is 43.4 Å². The van der Waals surface area contributed by atoms with Crippen LogP contribution >= 0.6 is 0 Å². The summed E-state index contributed by atoms with van der Waals surface area (Å²) < 4.78 is 85.6. The van der Waals surface area contributed by atoms with Gasteiger partial charge in [0.15, 0.2) is 16.5 Å². The summed E-state index contributed by atoms with van der Waals surface area (Å²) in [6.07, 6.45) is 0. The molecule has 0 bridgehead atoms. The molecule has 90 valence electrons. The van der Waals surface area contributed by atoms with E-state index in [9.17, 15) is 29.9 Å². The third kappa shape index (κ3) is 2.81. The van der Waals surface area contributed by atoms with Gasteiger partial charge in [-0.1, -0.05) is 0 Å². The van der Waals surface area contributed by atoms with E-state index >= 15 is 0 Å². The van der Waals surface area contributed by atoms with Gasteiger partial charge in [0.1, 0.15) is 5.75 Å². The van der Waals surface area contributed by atoms with Crippen LogP contribution in [0.15, 0.2) is 17.0 Å². The molecule has 1 rings (SSSR count). The van der Waals surface area contributed by atoms with Gasteiger partial charge in [-0.15, -0.1) is 3.89 Å². The van der Waals surface area contributed by atoms with Crippen LogP contribution in [0.3, 0.4) is 0 Å². The van der Waals surface area contributed by atoms with Crippen molar-refractivity contribution in [2.45, 2.75) is 11.5 Å². The second-order valence-electron chi connectivity index (χ2n) is 2.53. The quantitative estimate of drug-likeness (QED) is 0.619. The van der Waals surface area contributed by atoms with E-state index in [4.69, 9.17) is 0 Å². The first kappa shape index (κ1) is 12.7. The van der Waals surface area contributed by atoms with Gasteiger partial charge in [-0.05, 0) is 0 Å². The zero-order valence-electron chi connectivity index (χ0n) is 7.25. The number of alkyl halides is 2. The van der Waals surface area contributed by atoms with E-state index in [0.717, 1.165) is 0 Å². The molecule has 9 heteroatoms. The summed E-state index contributed by atoms with van der Waals surface area (Å²) >= 11 is 0. The Balaban J connectivity index is 3.29. The van der Waals surface area contributed by atoms with Crippen LogP contribution in [0.5, 0.6) is 5.75 Å². The summed E-state index contributed by atoms with van der Waals surface area (Å²) in [5.74, 6) is -4.64. The van der Waals surface area contributed by atoms with Crippen molar-refractivity contribution in [3.8, 4) is 5.75 Å². The average molecular weight is 262 g/mol. The Hall–Kier alpha value is -1.38. The fourth-order valence-corrected chi connectivity index (χ4v) is 1.52. The van der Waals surface area contributed by atoms with Crippen LogP contribution in [0.2, 0.25) is 0 Å². The van der Waals surface area contributed by atoms with Gasteiger partial charge in [-0.3, -0.25) is 0 Å². The maximum absolute atomic E-state index is 12.9. The smallest absolute Gasteiger partial charge is 0.387 e. The first-order valence-electron chi connectivity index (χ1n) is 3.60. The predicted molar refractivity (Wildman–Crippen MR) is 41.3 cm³/mol. The van der Waals surface area contributed by atoms with E-state index in [-0.39, 0.29) is 12.1 Å². The average Bonchev–Trinajstić information content (AvgIpc) is 1.96. The number of hydrogen-bond donors (Lipinski definition) is 0. The molecule has 0 fully saturated rings. The molecule has 0 aliphatic rings. The molecule has 0 spiro atoms. The lowest BCUT2D eigenvalue weighted by molar-refractivity contribution is -0.0502. The molecule has 3 nitrogen and oxygen atoms in total. The predicted octanol–water partition coefficient (Wildman–Crippen LogP) is 2.22. The van der Waals surface area contributed by atoms with Gasteiger partial charge in [-0.25, -0.2) is 8.78 Å². The standard InChI is InChI=1S/C7H3F5O3S/c8-4-1-3(15-7(10)11)2-5(9)6(4)16(12,13)14/h1-2,7H. The zero-order valence-corrected chi connectivity index (χ0v) is 8.07. The third-order valence-corrected chi connectivity index (χ3v) is 2.32. The zero-order chi connectivity index (χ0) is 12.5. The summed E-state index contributed by atoms with van der Waals surface area (Å²) in [5, 5.41) is 0. The second-order valence-corrected chi connectivity index (χ2v) is 3.82. The molecule has 0 amide bonds. The van der Waals surface area contributed by atoms with Crippen molar-refractivity contribution in [1.82, 2.24) is 0 Å². The van der Waals surface area contributed by atoms with E-state index in [1.807, 2.05) is 0 Å². The van der Waals surface area contributed by atoms with Gasteiger partial charge in [0.05, 0.1) is 0 Å². The van der Waals surface area contributed by atoms with E-state index in [1.165, 1.54) is 0 Å². The van der Waals surface area contributed by atoms with Gasteiger partial charge < -0.3 is 4.74 Å². The molecular weight excluding hydrogens is 259 g/mol. The maximum Gasteiger partial charge on any atom is 0.387 e. The minimum atomic E-state index is -5.60. The molecule has 0 unspecified atom stereocenters. The highest BCUT2D eigenvalue weighted by molar-refractivity contribution is 7.86. The molecular formula is C7H3F5O3S. The Labute approximate surface area is 86.7 Å². The van der Waals surface area contributed by atoms with Crippen molar-refractivity contribution >= 4 is 10.2 Å². The monoisotopic (exact) mass is 262 g/mol. The first-order chi connectivity index (χ1) is 7.21. The van der Waals surface area contributed by atoms with Crippen molar-refractivity contribution in [1.29, 1.82) is 0 Å². The summed E-state index contributed by atoms with van der Waals surface area (Å²) in [6.45, 7) is -3.34. The molecule has 0 aliphatic heterocycles. The van der Waals surface area contributed by atoms with Gasteiger partial charge >= 0.3 is 16.8 Å². The lowest BCUT2D eigenvalue weighted by Gasteiger charge is -2.06. The molecule has 1 aromatic carbocycles. The van der Waals surface area contributed by atoms with E-state index < -0.39 is 39.1 Å². The van der Waals surface area contributed by atoms with Crippen molar-refractivity contribution in [3.63, 3.8) is 0 Å². The van der Waals surface area contributed by atoms with E-state index in [0.29, 0.717) is 0 Å². The van der Waals surface area contributed by atoms with Gasteiger partial charge in [0.25, 0.3) is 0 Å². The second kappa shape index (κ2) is 4.24. The van der Waals surface area contributed by atoms with Crippen LogP contribution < -0.4 is 4.74 Å². The largest absolute Gasteiger partial charge is 0.435 e. The van der Waals surface area contributed by atoms with Crippen LogP contribution in [0.4, 0.5) is 21.4 Å². The van der Waals surface area contributed by atoms with Crippen LogP contribution in [0, 0.1) is 11.6 Å². The number of halogens is 5. The number of rotatable bonds is 3. The van der Waals surface area contributed by atoms with Crippen LogP contribution in [0.25, 0.3) is 0 Å². The molecule has 0 saturated carbocycles. The van der Waals surface area contributed by atoms with E-state index in [1.54, 1.807) is 0 Å². The Bertz CT molecular complexity index is 476. The maximum atomic E-state index is 12.9. The lowest BCUT2D eigenvalue weighted by Crippen LogP contribution is -2.06. The summed E-state index contributed by atoms with van der Waals surface area (Å²) in [5.41, 5.74) is 0. The molecule has 1 aromatic rings. The molecule has 0 saturated heterocycles. The van der Waals surface area contributed by atoms with Crippen molar-refractivity contribution in [2.24, 2.45) is 0 Å².